The number of nitrogens with zero attached hydrogens (tertiary/aromatic N) is 4. The van der Waals surface area contributed by atoms with Gasteiger partial charge >= 0.3 is 0 Å². The zero-order valence-corrected chi connectivity index (χ0v) is 13.6. The van der Waals surface area contributed by atoms with Gasteiger partial charge in [0.25, 0.3) is 0 Å². The summed E-state index contributed by atoms with van der Waals surface area (Å²) in [4.78, 5) is 19.1. The summed E-state index contributed by atoms with van der Waals surface area (Å²) in [6, 6.07) is 7.42. The largest absolute Gasteiger partial charge is 0.308 e. The zero-order valence-electron chi connectivity index (χ0n) is 12.9. The fourth-order valence-corrected chi connectivity index (χ4v) is 3.26. The van der Waals surface area contributed by atoms with E-state index in [2.05, 4.69) is 9.88 Å². The topological polar surface area (TPSA) is 51.0 Å². The number of hydrogen-bond acceptors (Lipinski definition) is 4. The van der Waals surface area contributed by atoms with Crippen molar-refractivity contribution < 1.29 is 4.79 Å². The lowest BCUT2D eigenvalue weighted by Crippen LogP contribution is -2.18. The van der Waals surface area contributed by atoms with Crippen LogP contribution in [-0.4, -0.2) is 46.1 Å². The number of hydrogen-bond donors (Lipinski definition) is 0. The van der Waals surface area contributed by atoms with Crippen LogP contribution >= 0.6 is 11.6 Å². The van der Waals surface area contributed by atoms with Gasteiger partial charge in [-0.05, 0) is 38.4 Å². The maximum Gasteiger partial charge on any atom is 0.214 e. The molecule has 23 heavy (non-hydrogen) atoms. The molecule has 0 bridgehead atoms. The average molecular weight is 327 g/mol. The van der Waals surface area contributed by atoms with Gasteiger partial charge in [-0.3, -0.25) is 14.5 Å². The number of ketones is 1. The number of halogens is 1. The smallest absolute Gasteiger partial charge is 0.214 e. The van der Waals surface area contributed by atoms with Crippen LogP contribution in [0.15, 0.2) is 30.5 Å². The van der Waals surface area contributed by atoms with Crippen molar-refractivity contribution in [2.75, 3.05) is 20.6 Å². The first-order valence-corrected chi connectivity index (χ1v) is 7.79. The maximum absolute atomic E-state index is 12.8. The first-order chi connectivity index (χ1) is 11.1. The van der Waals surface area contributed by atoms with Crippen molar-refractivity contribution in [3.05, 3.63) is 46.7 Å². The van der Waals surface area contributed by atoms with Crippen LogP contribution in [0.2, 0.25) is 5.02 Å². The Balaban J connectivity index is 2.03. The molecule has 0 amide bonds. The summed E-state index contributed by atoms with van der Waals surface area (Å²) in [5, 5.41) is 6.03. The van der Waals surface area contributed by atoms with E-state index in [0.717, 1.165) is 35.2 Å². The van der Waals surface area contributed by atoms with Crippen LogP contribution in [0.3, 0.4) is 0 Å². The molecule has 0 unspecified atom stereocenters. The molecule has 0 aliphatic heterocycles. The number of aromatic nitrogens is 3. The van der Waals surface area contributed by atoms with Gasteiger partial charge < -0.3 is 4.90 Å². The Kier molecular flexibility index (Phi) is 3.21. The molecular weight excluding hydrogens is 312 g/mol. The first kappa shape index (κ1) is 14.4. The highest BCUT2D eigenvalue weighted by Crippen LogP contribution is 2.40. The number of carbonyl (C=O) groups is 1. The van der Waals surface area contributed by atoms with Crippen molar-refractivity contribution in [3.63, 3.8) is 0 Å². The van der Waals surface area contributed by atoms with Gasteiger partial charge in [0.15, 0.2) is 0 Å². The van der Waals surface area contributed by atoms with Crippen molar-refractivity contribution in [1.82, 2.24) is 19.7 Å². The highest BCUT2D eigenvalue weighted by Gasteiger charge is 2.31. The molecule has 1 aliphatic rings. The zero-order chi connectivity index (χ0) is 16.1. The molecule has 0 N–H and O–H groups in total. The van der Waals surface area contributed by atoms with Crippen LogP contribution in [-0.2, 0) is 6.54 Å². The predicted octanol–water partition coefficient (Wildman–Crippen LogP) is 2.86. The summed E-state index contributed by atoms with van der Waals surface area (Å²) in [5.41, 5.74) is 3.44. The fourth-order valence-electron chi connectivity index (χ4n) is 3.02. The van der Waals surface area contributed by atoms with Crippen molar-refractivity contribution in [2.24, 2.45) is 0 Å². The number of carbonyl (C=O) groups excluding carboxylic acids is 1. The molecule has 0 radical (unpaired) electrons. The lowest BCUT2D eigenvalue weighted by molar-refractivity contribution is 0.103. The SMILES string of the molecule is CN(C)CCn1nc2c3c(c(Cl)ccc31)C(=O)c1ncccc1-2. The summed E-state index contributed by atoms with van der Waals surface area (Å²) in [6.45, 7) is 1.61. The molecule has 2 aromatic heterocycles. The molecule has 0 spiro atoms. The second-order valence-electron chi connectivity index (χ2n) is 5.92. The Morgan fingerprint density at radius 1 is 1.22 bits per heavy atom. The summed E-state index contributed by atoms with van der Waals surface area (Å²) in [7, 11) is 4.05. The highest BCUT2D eigenvalue weighted by molar-refractivity contribution is 6.38. The van der Waals surface area contributed by atoms with Crippen LogP contribution in [0.25, 0.3) is 22.2 Å². The normalized spacial score (nSPS) is 13.0. The van der Waals surface area contributed by atoms with Crippen molar-refractivity contribution in [3.8, 4) is 11.3 Å². The van der Waals surface area contributed by atoms with E-state index in [0.29, 0.717) is 16.3 Å². The van der Waals surface area contributed by atoms with E-state index in [1.165, 1.54) is 0 Å². The predicted molar refractivity (Wildman–Crippen MR) is 90.0 cm³/mol. The Hall–Kier alpha value is -2.24. The van der Waals surface area contributed by atoms with Gasteiger partial charge in [-0.2, -0.15) is 5.10 Å². The number of rotatable bonds is 3. The van der Waals surface area contributed by atoms with E-state index in [9.17, 15) is 4.79 Å². The Labute approximate surface area is 138 Å². The second kappa shape index (κ2) is 5.15. The van der Waals surface area contributed by atoms with E-state index < -0.39 is 0 Å². The minimum Gasteiger partial charge on any atom is -0.308 e. The number of likely N-dealkylation sites (N-methyl/N-ethyl adjacent to an activating group) is 1. The maximum atomic E-state index is 12.8. The van der Waals surface area contributed by atoms with Crippen LogP contribution in [0.1, 0.15) is 16.1 Å². The molecule has 0 fully saturated rings. The number of fused-ring (bicyclic) bond motifs is 2. The van der Waals surface area contributed by atoms with Crippen LogP contribution in [0, 0.1) is 0 Å². The molecular formula is C17H15ClN4O. The summed E-state index contributed by atoms with van der Waals surface area (Å²) in [6.07, 6.45) is 1.62. The molecule has 116 valence electrons. The summed E-state index contributed by atoms with van der Waals surface area (Å²) in [5.74, 6) is -0.129. The van der Waals surface area contributed by atoms with Gasteiger partial charge in [-0.15, -0.1) is 0 Å². The minimum atomic E-state index is -0.129. The standard InChI is InChI=1S/C17H15ClN4O/c1-21(2)8-9-22-12-6-5-11(18)13-14(12)15(20-22)10-4-3-7-19-16(10)17(13)23/h3-7H,8-9H2,1-2H3. The summed E-state index contributed by atoms with van der Waals surface area (Å²) >= 11 is 6.31. The molecule has 0 atom stereocenters. The van der Waals surface area contributed by atoms with Gasteiger partial charge in [0, 0.05) is 23.7 Å². The third-order valence-corrected chi connectivity index (χ3v) is 4.45. The van der Waals surface area contributed by atoms with Crippen LogP contribution in [0.4, 0.5) is 0 Å². The molecule has 2 heterocycles. The van der Waals surface area contributed by atoms with Crippen LogP contribution < -0.4 is 0 Å². The van der Waals surface area contributed by atoms with Gasteiger partial charge in [0.2, 0.25) is 5.78 Å². The van der Waals surface area contributed by atoms with Crippen molar-refractivity contribution in [2.45, 2.75) is 6.54 Å². The minimum absolute atomic E-state index is 0.129. The average Bonchev–Trinajstić information content (AvgIpc) is 2.91. The number of pyridine rings is 1. The van der Waals surface area contributed by atoms with Gasteiger partial charge in [0.05, 0.1) is 22.6 Å². The van der Waals surface area contributed by atoms with E-state index in [-0.39, 0.29) is 5.78 Å². The Morgan fingerprint density at radius 3 is 2.83 bits per heavy atom. The molecule has 0 saturated heterocycles. The van der Waals surface area contributed by atoms with Crippen molar-refractivity contribution >= 4 is 28.3 Å². The lowest BCUT2D eigenvalue weighted by Gasteiger charge is -2.14. The van der Waals surface area contributed by atoms with Crippen LogP contribution in [0.5, 0.6) is 0 Å². The molecule has 3 aromatic rings. The van der Waals surface area contributed by atoms with Crippen molar-refractivity contribution in [1.29, 1.82) is 0 Å². The first-order valence-electron chi connectivity index (χ1n) is 7.42. The molecule has 1 aromatic carbocycles. The van der Waals surface area contributed by atoms with E-state index >= 15 is 0 Å². The third kappa shape index (κ3) is 2.08. The van der Waals surface area contributed by atoms with Gasteiger partial charge in [-0.1, -0.05) is 11.6 Å². The molecule has 6 heteroatoms. The quantitative estimate of drug-likeness (QED) is 0.581. The third-order valence-electron chi connectivity index (χ3n) is 4.13. The highest BCUT2D eigenvalue weighted by atomic mass is 35.5. The second-order valence-corrected chi connectivity index (χ2v) is 6.33. The Bertz CT molecular complexity index is 945. The Morgan fingerprint density at radius 2 is 2.04 bits per heavy atom. The number of benzene rings is 1. The van der Waals surface area contributed by atoms with E-state index in [4.69, 9.17) is 16.7 Å². The molecule has 0 saturated carbocycles. The molecule has 5 nitrogen and oxygen atoms in total. The fraction of sp³-hybridized carbons (Fsp3) is 0.235. The summed E-state index contributed by atoms with van der Waals surface area (Å²) < 4.78 is 1.94. The lowest BCUT2D eigenvalue weighted by atomic mass is 9.91. The monoisotopic (exact) mass is 326 g/mol. The van der Waals surface area contributed by atoms with E-state index in [1.54, 1.807) is 12.3 Å². The molecule has 1 aliphatic carbocycles. The van der Waals surface area contributed by atoms with E-state index in [1.807, 2.05) is 37.0 Å². The molecule has 4 rings (SSSR count). The van der Waals surface area contributed by atoms with Gasteiger partial charge in [0.1, 0.15) is 11.4 Å². The van der Waals surface area contributed by atoms with Gasteiger partial charge in [-0.25, -0.2) is 0 Å².